The van der Waals surface area contributed by atoms with Gasteiger partial charge in [-0.25, -0.2) is 0 Å². The summed E-state index contributed by atoms with van der Waals surface area (Å²) in [5, 5.41) is 0. The molecule has 0 spiro atoms. The fraction of sp³-hybridized carbons (Fsp3) is 1.00. The van der Waals surface area contributed by atoms with E-state index in [1.54, 1.807) is 0 Å². The lowest BCUT2D eigenvalue weighted by atomic mass is 10.1. The lowest BCUT2D eigenvalue weighted by Crippen LogP contribution is -2.42. The van der Waals surface area contributed by atoms with Gasteiger partial charge in [-0.3, -0.25) is 0 Å². The molecule has 7 heteroatoms. The molecule has 3 aliphatic rings. The summed E-state index contributed by atoms with van der Waals surface area (Å²) in [7, 11) is 2.28. The van der Waals surface area contributed by atoms with E-state index in [9.17, 15) is 0 Å². The van der Waals surface area contributed by atoms with E-state index in [2.05, 4.69) is 9.47 Å². The van der Waals surface area contributed by atoms with Gasteiger partial charge in [-0.15, -0.1) is 0 Å². The van der Waals surface area contributed by atoms with Gasteiger partial charge in [0.15, 0.2) is 17.9 Å². The molecule has 0 aromatic carbocycles. The Morgan fingerprint density at radius 3 is 2.32 bits per heavy atom. The van der Waals surface area contributed by atoms with Crippen LogP contribution in [0.15, 0.2) is 0 Å². The van der Waals surface area contributed by atoms with Gasteiger partial charge < -0.3 is 28.2 Å². The molecule has 0 aromatic heterocycles. The number of rotatable bonds is 2. The highest BCUT2D eigenvalue weighted by atomic mass is 31.0. The number of fused-ring (bicyclic) bond motifs is 1. The van der Waals surface area contributed by atoms with E-state index >= 15 is 0 Å². The molecule has 6 atom stereocenters. The van der Waals surface area contributed by atoms with Gasteiger partial charge >= 0.3 is 0 Å². The fourth-order valence-electron chi connectivity index (χ4n) is 2.84. The molecule has 0 bridgehead atoms. The van der Waals surface area contributed by atoms with Crippen LogP contribution in [0.25, 0.3) is 0 Å². The van der Waals surface area contributed by atoms with Gasteiger partial charge in [0.2, 0.25) is 0 Å². The van der Waals surface area contributed by atoms with Crippen molar-refractivity contribution in [2.45, 2.75) is 70.0 Å². The Bertz CT molecular complexity index is 360. The molecule has 0 aliphatic carbocycles. The maximum atomic E-state index is 5.91. The molecule has 3 rings (SSSR count). The van der Waals surface area contributed by atoms with Crippen LogP contribution in [0.3, 0.4) is 0 Å². The molecule has 19 heavy (non-hydrogen) atoms. The van der Waals surface area contributed by atoms with Crippen LogP contribution in [0.4, 0.5) is 0 Å². The minimum absolute atomic E-state index is 0.179. The Hall–Kier alpha value is 0.190. The third-order valence-electron chi connectivity index (χ3n) is 3.58. The van der Waals surface area contributed by atoms with Crippen molar-refractivity contribution < 1.29 is 28.2 Å². The zero-order valence-corrected chi connectivity index (χ0v) is 12.8. The summed E-state index contributed by atoms with van der Waals surface area (Å²) in [5.74, 6) is -1.23. The molecule has 3 fully saturated rings. The van der Waals surface area contributed by atoms with E-state index in [0.29, 0.717) is 6.61 Å². The quantitative estimate of drug-likeness (QED) is 0.713. The molecular weight excluding hydrogens is 271 g/mol. The lowest BCUT2D eigenvalue weighted by molar-refractivity contribution is -0.229. The average Bonchev–Trinajstić information content (AvgIpc) is 2.87. The van der Waals surface area contributed by atoms with Gasteiger partial charge in [-0.2, -0.15) is 0 Å². The van der Waals surface area contributed by atoms with Gasteiger partial charge in [0, 0.05) is 9.47 Å². The van der Waals surface area contributed by atoms with Gasteiger partial charge in [-0.05, 0) is 27.7 Å². The third kappa shape index (κ3) is 2.56. The molecule has 0 amide bonds. The average molecular weight is 292 g/mol. The predicted octanol–water partition coefficient (Wildman–Crippen LogP) is 1.19. The Morgan fingerprint density at radius 2 is 1.74 bits per heavy atom. The number of hydrogen-bond acceptors (Lipinski definition) is 6. The first kappa shape index (κ1) is 14.1. The van der Waals surface area contributed by atoms with E-state index in [4.69, 9.17) is 28.2 Å². The first-order chi connectivity index (χ1) is 8.81. The summed E-state index contributed by atoms with van der Waals surface area (Å²) < 4.78 is 34.3. The van der Waals surface area contributed by atoms with Crippen molar-refractivity contribution in [2.24, 2.45) is 0 Å². The van der Waals surface area contributed by atoms with E-state index in [-0.39, 0.29) is 24.4 Å². The Kier molecular flexibility index (Phi) is 3.42. The lowest BCUT2D eigenvalue weighted by Gasteiger charge is -2.28. The van der Waals surface area contributed by atoms with Crippen LogP contribution < -0.4 is 0 Å². The topological polar surface area (TPSA) is 55.4 Å². The van der Waals surface area contributed by atoms with Crippen molar-refractivity contribution in [3.8, 4) is 0 Å². The molecular formula is C12H21O6P. The van der Waals surface area contributed by atoms with Crippen LogP contribution in [0.1, 0.15) is 27.7 Å². The highest BCUT2D eigenvalue weighted by molar-refractivity contribution is 7.09. The molecule has 0 aromatic rings. The van der Waals surface area contributed by atoms with Gasteiger partial charge in [-0.1, -0.05) is 0 Å². The largest absolute Gasteiger partial charge is 0.357 e. The molecule has 3 heterocycles. The SMILES string of the molecule is CC1(C)OCC([C@H]2O[C@@H]3OC(C)(C)O[C@H]3C2OP)O1. The van der Waals surface area contributed by atoms with Crippen LogP contribution in [0, 0.1) is 0 Å². The molecule has 6 nitrogen and oxygen atoms in total. The maximum absolute atomic E-state index is 5.91. The number of ether oxygens (including phenoxy) is 5. The van der Waals surface area contributed by atoms with Gasteiger partial charge in [0.25, 0.3) is 0 Å². The van der Waals surface area contributed by atoms with Crippen molar-refractivity contribution in [1.82, 2.24) is 0 Å². The molecule has 0 saturated carbocycles. The maximum Gasteiger partial charge on any atom is 0.190 e. The first-order valence-corrected chi connectivity index (χ1v) is 6.97. The second-order valence-electron chi connectivity index (χ2n) is 6.04. The van der Waals surface area contributed by atoms with E-state index < -0.39 is 17.9 Å². The summed E-state index contributed by atoms with van der Waals surface area (Å²) in [6, 6.07) is 0. The van der Waals surface area contributed by atoms with Crippen molar-refractivity contribution in [1.29, 1.82) is 0 Å². The minimum Gasteiger partial charge on any atom is -0.357 e. The smallest absolute Gasteiger partial charge is 0.190 e. The Labute approximate surface area is 115 Å². The molecule has 0 N–H and O–H groups in total. The van der Waals surface area contributed by atoms with Crippen LogP contribution >= 0.6 is 9.47 Å². The normalized spacial score (nSPS) is 47.5. The predicted molar refractivity (Wildman–Crippen MR) is 68.2 cm³/mol. The second-order valence-corrected chi connectivity index (χ2v) is 6.31. The zero-order valence-electron chi connectivity index (χ0n) is 11.6. The first-order valence-electron chi connectivity index (χ1n) is 6.50. The zero-order chi connectivity index (χ0) is 13.8. The summed E-state index contributed by atoms with van der Waals surface area (Å²) in [6.45, 7) is 7.97. The molecule has 110 valence electrons. The highest BCUT2D eigenvalue weighted by Crippen LogP contribution is 2.42. The van der Waals surface area contributed by atoms with Crippen molar-refractivity contribution in [2.75, 3.05) is 6.61 Å². The van der Waals surface area contributed by atoms with Crippen LogP contribution in [-0.2, 0) is 28.2 Å². The van der Waals surface area contributed by atoms with Crippen molar-refractivity contribution in [3.63, 3.8) is 0 Å². The minimum atomic E-state index is -0.645. The van der Waals surface area contributed by atoms with Gasteiger partial charge in [0.05, 0.1) is 6.61 Å². The standard InChI is InChI=1S/C12H21O6P/c1-11(2)13-5-6(15-11)7-8(18-19)9-10(14-7)17-12(3,4)16-9/h6-10H,5,19H2,1-4H3/t6?,7-,8?,9+,10-/m1/s1. The summed E-state index contributed by atoms with van der Waals surface area (Å²) in [5.41, 5.74) is 0. The Morgan fingerprint density at radius 1 is 1.00 bits per heavy atom. The monoisotopic (exact) mass is 292 g/mol. The molecule has 3 unspecified atom stereocenters. The summed E-state index contributed by atoms with van der Waals surface area (Å²) >= 11 is 0. The van der Waals surface area contributed by atoms with Crippen molar-refractivity contribution >= 4 is 9.47 Å². The van der Waals surface area contributed by atoms with E-state index in [1.807, 2.05) is 27.7 Å². The molecule has 3 aliphatic heterocycles. The summed E-state index contributed by atoms with van der Waals surface area (Å²) in [4.78, 5) is 0. The summed E-state index contributed by atoms with van der Waals surface area (Å²) in [6.07, 6.45) is -1.35. The van der Waals surface area contributed by atoms with Crippen molar-refractivity contribution in [3.05, 3.63) is 0 Å². The molecule has 3 saturated heterocycles. The van der Waals surface area contributed by atoms with Gasteiger partial charge in [0.1, 0.15) is 24.4 Å². The highest BCUT2D eigenvalue weighted by Gasteiger charge is 2.58. The Balaban J connectivity index is 1.72. The van der Waals surface area contributed by atoms with Crippen LogP contribution in [0.5, 0.6) is 0 Å². The van der Waals surface area contributed by atoms with E-state index in [0.717, 1.165) is 0 Å². The third-order valence-corrected chi connectivity index (χ3v) is 3.90. The van der Waals surface area contributed by atoms with E-state index in [1.165, 1.54) is 0 Å². The second kappa shape index (κ2) is 4.60. The van der Waals surface area contributed by atoms with Crippen LogP contribution in [-0.4, -0.2) is 48.9 Å². The number of hydrogen-bond donors (Lipinski definition) is 0. The molecule has 0 radical (unpaired) electrons. The fourth-order valence-corrected chi connectivity index (χ4v) is 3.15. The van der Waals surface area contributed by atoms with Crippen LogP contribution in [0.2, 0.25) is 0 Å².